The highest BCUT2D eigenvalue weighted by Crippen LogP contribution is 2.18. The van der Waals surface area contributed by atoms with Crippen LogP contribution in [0.1, 0.15) is 69.4 Å². The van der Waals surface area contributed by atoms with Crippen LogP contribution in [0.2, 0.25) is 0 Å². The van der Waals surface area contributed by atoms with Crippen LogP contribution in [-0.2, 0) is 11.2 Å². The van der Waals surface area contributed by atoms with Crippen LogP contribution in [0.25, 0.3) is 0 Å². The van der Waals surface area contributed by atoms with E-state index < -0.39 is 5.97 Å². The normalized spacial score (nSPS) is 12.3. The maximum absolute atomic E-state index is 11.4. The molecule has 1 atom stereocenters. The first-order valence-electron chi connectivity index (χ1n) is 8.41. The quantitative estimate of drug-likeness (QED) is 0.556. The fourth-order valence-electron chi connectivity index (χ4n) is 2.78. The van der Waals surface area contributed by atoms with Crippen LogP contribution in [0.15, 0.2) is 24.3 Å². The van der Waals surface area contributed by atoms with Crippen molar-refractivity contribution in [2.75, 3.05) is 0 Å². The van der Waals surface area contributed by atoms with Crippen molar-refractivity contribution in [3.8, 4) is 0 Å². The number of hydrogen-bond donors (Lipinski definition) is 1. The number of hydrogen-bond acceptors (Lipinski definition) is 1. The summed E-state index contributed by atoms with van der Waals surface area (Å²) in [5.74, 6) is -0.884. The summed E-state index contributed by atoms with van der Waals surface area (Å²) in [6.07, 6.45) is 10.1. The molecule has 0 aliphatic carbocycles. The summed E-state index contributed by atoms with van der Waals surface area (Å²) < 4.78 is 0. The van der Waals surface area contributed by atoms with Gasteiger partial charge in [0.2, 0.25) is 0 Å². The van der Waals surface area contributed by atoms with Crippen molar-refractivity contribution in [1.82, 2.24) is 0 Å². The van der Waals surface area contributed by atoms with Crippen LogP contribution < -0.4 is 0 Å². The topological polar surface area (TPSA) is 37.3 Å². The average Bonchev–Trinajstić information content (AvgIpc) is 2.45. The maximum Gasteiger partial charge on any atom is 0.306 e. The van der Waals surface area contributed by atoms with Gasteiger partial charge in [-0.1, -0.05) is 81.7 Å². The van der Waals surface area contributed by atoms with Gasteiger partial charge in [0.05, 0.1) is 5.92 Å². The van der Waals surface area contributed by atoms with Crippen LogP contribution in [0, 0.1) is 12.8 Å². The first-order chi connectivity index (χ1) is 10.1. The number of unbranched alkanes of at least 4 members (excludes halogenated alkanes) is 6. The van der Waals surface area contributed by atoms with Crippen molar-refractivity contribution in [3.63, 3.8) is 0 Å². The lowest BCUT2D eigenvalue weighted by Gasteiger charge is -2.12. The molecular formula is C19H30O2. The van der Waals surface area contributed by atoms with Crippen molar-refractivity contribution in [1.29, 1.82) is 0 Å². The van der Waals surface area contributed by atoms with Crippen LogP contribution >= 0.6 is 0 Å². The Morgan fingerprint density at radius 3 is 2.38 bits per heavy atom. The molecule has 2 heteroatoms. The second-order valence-electron chi connectivity index (χ2n) is 6.14. The van der Waals surface area contributed by atoms with Gasteiger partial charge in [-0.05, 0) is 25.3 Å². The van der Waals surface area contributed by atoms with Gasteiger partial charge >= 0.3 is 5.97 Å². The molecule has 0 amide bonds. The summed E-state index contributed by atoms with van der Waals surface area (Å²) in [5.41, 5.74) is 2.35. The third kappa shape index (κ3) is 7.89. The summed E-state index contributed by atoms with van der Waals surface area (Å²) in [4.78, 5) is 11.4. The molecule has 1 rings (SSSR count). The first kappa shape index (κ1) is 17.7. The van der Waals surface area contributed by atoms with Crippen molar-refractivity contribution < 1.29 is 9.90 Å². The minimum Gasteiger partial charge on any atom is -0.481 e. The lowest BCUT2D eigenvalue weighted by atomic mass is 9.93. The van der Waals surface area contributed by atoms with E-state index in [1.165, 1.54) is 44.1 Å². The molecule has 0 radical (unpaired) electrons. The number of carbonyl (C=O) groups is 1. The van der Waals surface area contributed by atoms with E-state index in [2.05, 4.69) is 26.0 Å². The van der Waals surface area contributed by atoms with E-state index in [-0.39, 0.29) is 5.92 Å². The minimum atomic E-state index is -0.650. The second kappa shape index (κ2) is 10.4. The Hall–Kier alpha value is -1.31. The van der Waals surface area contributed by atoms with E-state index in [1.807, 2.05) is 12.1 Å². The van der Waals surface area contributed by atoms with Crippen molar-refractivity contribution in [2.45, 2.75) is 71.6 Å². The fraction of sp³-hybridized carbons (Fsp3) is 0.632. The summed E-state index contributed by atoms with van der Waals surface area (Å²) in [6.45, 7) is 4.28. The lowest BCUT2D eigenvalue weighted by molar-refractivity contribution is -0.142. The second-order valence-corrected chi connectivity index (χ2v) is 6.14. The number of aliphatic carboxylic acids is 1. The molecule has 118 valence electrons. The van der Waals surface area contributed by atoms with Crippen molar-refractivity contribution >= 4 is 5.97 Å². The van der Waals surface area contributed by atoms with Gasteiger partial charge in [0.25, 0.3) is 0 Å². The molecule has 2 nitrogen and oxygen atoms in total. The molecular weight excluding hydrogens is 260 g/mol. The standard InChI is InChI=1S/C19H30O2/c1-3-4-5-6-7-8-9-13-18(19(20)21)15-17-12-10-11-16(2)14-17/h10-12,14,18H,3-9,13,15H2,1-2H3,(H,20,21). The average molecular weight is 290 g/mol. The SMILES string of the molecule is CCCCCCCCCC(Cc1cccc(C)c1)C(=O)O. The van der Waals surface area contributed by atoms with Gasteiger partial charge in [-0.3, -0.25) is 4.79 Å². The molecule has 0 saturated heterocycles. The van der Waals surface area contributed by atoms with Crippen LogP contribution in [0.3, 0.4) is 0 Å². The third-order valence-corrected chi connectivity index (χ3v) is 4.07. The molecule has 1 aromatic carbocycles. The molecule has 1 unspecified atom stereocenters. The molecule has 0 aliphatic rings. The van der Waals surface area contributed by atoms with E-state index >= 15 is 0 Å². The highest BCUT2D eigenvalue weighted by atomic mass is 16.4. The van der Waals surface area contributed by atoms with E-state index in [0.717, 1.165) is 18.4 Å². The molecule has 21 heavy (non-hydrogen) atoms. The smallest absolute Gasteiger partial charge is 0.306 e. The fourth-order valence-corrected chi connectivity index (χ4v) is 2.78. The Balaban J connectivity index is 2.29. The highest BCUT2D eigenvalue weighted by molar-refractivity contribution is 5.70. The van der Waals surface area contributed by atoms with E-state index in [4.69, 9.17) is 0 Å². The largest absolute Gasteiger partial charge is 0.481 e. The first-order valence-corrected chi connectivity index (χ1v) is 8.41. The van der Waals surface area contributed by atoms with E-state index in [9.17, 15) is 9.90 Å². The van der Waals surface area contributed by atoms with Gasteiger partial charge in [-0.25, -0.2) is 0 Å². The molecule has 1 N–H and O–H groups in total. The zero-order valence-corrected chi connectivity index (χ0v) is 13.6. The predicted octanol–water partition coefficient (Wildman–Crippen LogP) is 5.38. The Bertz CT molecular complexity index is 412. The predicted molar refractivity (Wildman–Crippen MR) is 88.6 cm³/mol. The molecule has 0 bridgehead atoms. The molecule has 0 fully saturated rings. The van der Waals surface area contributed by atoms with Crippen molar-refractivity contribution in [3.05, 3.63) is 35.4 Å². The van der Waals surface area contributed by atoms with Crippen LogP contribution in [-0.4, -0.2) is 11.1 Å². The highest BCUT2D eigenvalue weighted by Gasteiger charge is 2.17. The van der Waals surface area contributed by atoms with Gasteiger partial charge < -0.3 is 5.11 Å². The van der Waals surface area contributed by atoms with Gasteiger partial charge in [0.1, 0.15) is 0 Å². The Morgan fingerprint density at radius 1 is 1.10 bits per heavy atom. The molecule has 0 saturated carbocycles. The maximum atomic E-state index is 11.4. The summed E-state index contributed by atoms with van der Waals surface area (Å²) in [7, 11) is 0. The zero-order chi connectivity index (χ0) is 15.5. The molecule has 0 aromatic heterocycles. The summed E-state index contributed by atoms with van der Waals surface area (Å²) >= 11 is 0. The Labute approximate surface area is 129 Å². The van der Waals surface area contributed by atoms with Gasteiger partial charge in [0, 0.05) is 0 Å². The monoisotopic (exact) mass is 290 g/mol. The van der Waals surface area contributed by atoms with Gasteiger partial charge in [-0.15, -0.1) is 0 Å². The lowest BCUT2D eigenvalue weighted by Crippen LogP contribution is -2.16. The number of benzene rings is 1. The van der Waals surface area contributed by atoms with Gasteiger partial charge in [-0.2, -0.15) is 0 Å². The molecule has 0 aliphatic heterocycles. The van der Waals surface area contributed by atoms with Gasteiger partial charge in [0.15, 0.2) is 0 Å². The van der Waals surface area contributed by atoms with Crippen molar-refractivity contribution in [2.24, 2.45) is 5.92 Å². The van der Waals surface area contributed by atoms with Crippen LogP contribution in [0.4, 0.5) is 0 Å². The van der Waals surface area contributed by atoms with Crippen LogP contribution in [0.5, 0.6) is 0 Å². The van der Waals surface area contributed by atoms with E-state index in [1.54, 1.807) is 0 Å². The number of carboxylic acid groups (broad SMARTS) is 1. The number of rotatable bonds is 11. The summed E-state index contributed by atoms with van der Waals surface area (Å²) in [5, 5.41) is 9.38. The third-order valence-electron chi connectivity index (χ3n) is 4.07. The zero-order valence-electron chi connectivity index (χ0n) is 13.6. The number of aryl methyl sites for hydroxylation is 1. The molecule has 0 heterocycles. The number of carboxylic acids is 1. The Kier molecular flexibility index (Phi) is 8.80. The Morgan fingerprint density at radius 2 is 1.76 bits per heavy atom. The van der Waals surface area contributed by atoms with E-state index in [0.29, 0.717) is 6.42 Å². The molecule has 0 spiro atoms. The summed E-state index contributed by atoms with van der Waals surface area (Å²) in [6, 6.07) is 8.20. The molecule has 1 aromatic rings. The minimum absolute atomic E-state index is 0.234.